The largest absolute Gasteiger partial charge is 0.336 e. The molecule has 0 aliphatic heterocycles. The third-order valence-corrected chi connectivity index (χ3v) is 1.07. The minimum atomic E-state index is 0.453. The van der Waals surface area contributed by atoms with Crippen LogP contribution in [-0.2, 0) is 0 Å². The van der Waals surface area contributed by atoms with Crippen LogP contribution in [0.2, 0.25) is 5.02 Å². The minimum Gasteiger partial charge on any atom is -0.336 e. The Balaban J connectivity index is 3.22. The molecular weight excluding hydrogens is 144 g/mol. The zero-order valence-corrected chi connectivity index (χ0v) is 5.46. The van der Waals surface area contributed by atoms with Crippen molar-refractivity contribution >= 4 is 23.8 Å². The summed E-state index contributed by atoms with van der Waals surface area (Å²) in [6.45, 7) is 0. The Morgan fingerprint density at radius 2 is 2.50 bits per heavy atom. The summed E-state index contributed by atoms with van der Waals surface area (Å²) in [6, 6.07) is 0. The molecule has 2 nitrogen and oxygen atoms in total. The number of aromatic nitrogens is 2. The predicted octanol–water partition coefficient (Wildman–Crippen LogP) is 1.79. The van der Waals surface area contributed by atoms with E-state index >= 15 is 0 Å². The number of nitrogens with one attached hydrogen (secondary N) is 1. The molecule has 42 valence electrons. The first-order valence-electron chi connectivity index (χ1n) is 1.99. The van der Waals surface area contributed by atoms with E-state index in [4.69, 9.17) is 11.6 Å². The van der Waals surface area contributed by atoms with Gasteiger partial charge in [0.2, 0.25) is 0 Å². The molecule has 0 aliphatic rings. The highest BCUT2D eigenvalue weighted by Crippen LogP contribution is 1.99. The number of hydrogen-bond donors (Lipinski definition) is 1. The first-order valence-corrected chi connectivity index (χ1v) is 2.78. The van der Waals surface area contributed by atoms with E-state index in [0.29, 0.717) is 9.79 Å². The van der Waals surface area contributed by atoms with E-state index in [0.717, 1.165) is 0 Å². The Bertz CT molecular complexity index is 211. The molecule has 0 amide bonds. The van der Waals surface area contributed by atoms with E-state index in [2.05, 4.69) is 22.2 Å². The van der Waals surface area contributed by atoms with E-state index in [1.54, 1.807) is 6.20 Å². The van der Waals surface area contributed by atoms with Crippen LogP contribution in [0, 0.1) is 4.77 Å². The third-order valence-electron chi connectivity index (χ3n) is 0.639. The SMILES string of the molecule is S=c1ncc(Cl)c[nH]1. The van der Waals surface area contributed by atoms with Crippen molar-refractivity contribution in [1.82, 2.24) is 9.97 Å². The van der Waals surface area contributed by atoms with Crippen molar-refractivity contribution in [2.45, 2.75) is 0 Å². The van der Waals surface area contributed by atoms with Crippen molar-refractivity contribution in [3.05, 3.63) is 22.2 Å². The second-order valence-corrected chi connectivity index (χ2v) is 2.06. The van der Waals surface area contributed by atoms with Gasteiger partial charge >= 0.3 is 0 Å². The van der Waals surface area contributed by atoms with Gasteiger partial charge in [-0.2, -0.15) is 0 Å². The fourth-order valence-electron chi connectivity index (χ4n) is 0.326. The van der Waals surface area contributed by atoms with Gasteiger partial charge in [0.05, 0.1) is 11.2 Å². The molecule has 0 fully saturated rings. The topological polar surface area (TPSA) is 28.7 Å². The van der Waals surface area contributed by atoms with Crippen molar-refractivity contribution in [1.29, 1.82) is 0 Å². The predicted molar refractivity (Wildman–Crippen MR) is 34.4 cm³/mol. The van der Waals surface area contributed by atoms with Gasteiger partial charge in [0.1, 0.15) is 0 Å². The van der Waals surface area contributed by atoms with Gasteiger partial charge in [-0.25, -0.2) is 4.98 Å². The van der Waals surface area contributed by atoms with E-state index in [1.807, 2.05) is 0 Å². The first kappa shape index (κ1) is 5.72. The standard InChI is InChI=1S/C4H3ClN2S/c5-3-1-6-4(8)7-2-3/h1-2H,(H,6,7,8). The fourth-order valence-corrected chi connectivity index (χ4v) is 0.540. The summed E-state index contributed by atoms with van der Waals surface area (Å²) in [7, 11) is 0. The Labute approximate surface area is 56.5 Å². The molecule has 0 atom stereocenters. The number of halogens is 1. The van der Waals surface area contributed by atoms with Crippen molar-refractivity contribution in [2.75, 3.05) is 0 Å². The highest BCUT2D eigenvalue weighted by Gasteiger charge is 1.80. The number of aromatic amines is 1. The normalized spacial score (nSPS) is 9.12. The molecule has 0 bridgehead atoms. The molecular formula is C4H3ClN2S. The maximum Gasteiger partial charge on any atom is 0.196 e. The molecule has 4 heteroatoms. The van der Waals surface area contributed by atoms with Crippen LogP contribution in [0.5, 0.6) is 0 Å². The quantitative estimate of drug-likeness (QED) is 0.566. The second-order valence-electron chi connectivity index (χ2n) is 1.24. The average Bonchev–Trinajstić information content (AvgIpc) is 1.77. The lowest BCUT2D eigenvalue weighted by Gasteiger charge is -1.82. The van der Waals surface area contributed by atoms with Crippen LogP contribution in [0.25, 0.3) is 0 Å². The van der Waals surface area contributed by atoms with E-state index < -0.39 is 0 Å². The fraction of sp³-hybridized carbons (Fsp3) is 0. The molecule has 0 aliphatic carbocycles. The minimum absolute atomic E-state index is 0.453. The molecule has 1 rings (SSSR count). The highest BCUT2D eigenvalue weighted by atomic mass is 35.5. The van der Waals surface area contributed by atoms with Crippen LogP contribution in [0.1, 0.15) is 0 Å². The van der Waals surface area contributed by atoms with Gasteiger partial charge in [-0.1, -0.05) is 11.6 Å². The molecule has 0 unspecified atom stereocenters. The Kier molecular flexibility index (Phi) is 1.60. The Morgan fingerprint density at radius 1 is 1.75 bits per heavy atom. The molecule has 0 spiro atoms. The van der Waals surface area contributed by atoms with Crippen LogP contribution >= 0.6 is 23.8 Å². The van der Waals surface area contributed by atoms with Gasteiger partial charge in [0, 0.05) is 6.20 Å². The first-order chi connectivity index (χ1) is 3.79. The van der Waals surface area contributed by atoms with E-state index in [9.17, 15) is 0 Å². The molecule has 0 saturated heterocycles. The maximum absolute atomic E-state index is 5.47. The average molecular weight is 147 g/mol. The number of H-pyrrole nitrogens is 1. The molecule has 8 heavy (non-hydrogen) atoms. The summed E-state index contributed by atoms with van der Waals surface area (Å²) in [5.41, 5.74) is 0. The molecule has 1 aromatic heterocycles. The number of hydrogen-bond acceptors (Lipinski definition) is 2. The van der Waals surface area contributed by atoms with Crippen LogP contribution in [0.15, 0.2) is 12.4 Å². The van der Waals surface area contributed by atoms with Gasteiger partial charge in [0.15, 0.2) is 4.77 Å². The second kappa shape index (κ2) is 2.24. The lowest BCUT2D eigenvalue weighted by atomic mass is 10.7. The zero-order chi connectivity index (χ0) is 5.98. The maximum atomic E-state index is 5.47. The smallest absolute Gasteiger partial charge is 0.196 e. The molecule has 1 heterocycles. The monoisotopic (exact) mass is 146 g/mol. The third kappa shape index (κ3) is 1.28. The Morgan fingerprint density at radius 3 is 2.88 bits per heavy atom. The van der Waals surface area contributed by atoms with Crippen molar-refractivity contribution < 1.29 is 0 Å². The summed E-state index contributed by atoms with van der Waals surface area (Å²) >= 11 is 10.1. The van der Waals surface area contributed by atoms with E-state index in [1.165, 1.54) is 6.20 Å². The molecule has 0 radical (unpaired) electrons. The van der Waals surface area contributed by atoms with Gasteiger partial charge in [0.25, 0.3) is 0 Å². The van der Waals surface area contributed by atoms with Gasteiger partial charge in [-0.15, -0.1) is 0 Å². The molecule has 1 N–H and O–H groups in total. The summed E-state index contributed by atoms with van der Waals surface area (Å²) < 4.78 is 0.453. The van der Waals surface area contributed by atoms with Gasteiger partial charge in [-0.3, -0.25) is 0 Å². The van der Waals surface area contributed by atoms with Crippen molar-refractivity contribution in [3.8, 4) is 0 Å². The van der Waals surface area contributed by atoms with E-state index in [-0.39, 0.29) is 0 Å². The molecule has 0 aromatic carbocycles. The lowest BCUT2D eigenvalue weighted by molar-refractivity contribution is 1.13. The summed E-state index contributed by atoms with van der Waals surface area (Å²) in [6.07, 6.45) is 3.09. The summed E-state index contributed by atoms with van der Waals surface area (Å²) in [5.74, 6) is 0. The lowest BCUT2D eigenvalue weighted by Crippen LogP contribution is -1.76. The zero-order valence-electron chi connectivity index (χ0n) is 3.89. The van der Waals surface area contributed by atoms with Crippen LogP contribution in [0.3, 0.4) is 0 Å². The van der Waals surface area contributed by atoms with Crippen molar-refractivity contribution in [3.63, 3.8) is 0 Å². The van der Waals surface area contributed by atoms with Crippen LogP contribution in [-0.4, -0.2) is 9.97 Å². The van der Waals surface area contributed by atoms with Gasteiger partial charge < -0.3 is 4.98 Å². The molecule has 0 saturated carbocycles. The Hall–Kier alpha value is -0.410. The van der Waals surface area contributed by atoms with Crippen molar-refractivity contribution in [2.24, 2.45) is 0 Å². The highest BCUT2D eigenvalue weighted by molar-refractivity contribution is 7.71. The number of nitrogens with zero attached hydrogens (tertiary/aromatic N) is 1. The number of rotatable bonds is 0. The van der Waals surface area contributed by atoms with Crippen LogP contribution in [0.4, 0.5) is 0 Å². The van der Waals surface area contributed by atoms with Gasteiger partial charge in [-0.05, 0) is 12.2 Å². The summed E-state index contributed by atoms with van der Waals surface area (Å²) in [5, 5.41) is 0.568. The summed E-state index contributed by atoms with van der Waals surface area (Å²) in [4.78, 5) is 6.38. The van der Waals surface area contributed by atoms with Crippen LogP contribution < -0.4 is 0 Å². The molecule has 1 aromatic rings.